The first-order chi connectivity index (χ1) is 7.93. The van der Waals surface area contributed by atoms with Gasteiger partial charge in [-0.2, -0.15) is 0 Å². The summed E-state index contributed by atoms with van der Waals surface area (Å²) in [6.45, 7) is 2.27. The highest BCUT2D eigenvalue weighted by atomic mass is 14.6. The fraction of sp³-hybridized carbons (Fsp3) is 0.667. The van der Waals surface area contributed by atoms with Gasteiger partial charge in [-0.1, -0.05) is 51.9 Å². The van der Waals surface area contributed by atoms with Gasteiger partial charge < -0.3 is 0 Å². The van der Waals surface area contributed by atoms with Crippen molar-refractivity contribution >= 4 is 0 Å². The Labute approximate surface area is 100 Å². The van der Waals surface area contributed by atoms with Crippen molar-refractivity contribution in [3.8, 4) is 0 Å². The second-order valence-corrected chi connectivity index (χ2v) is 4.49. The van der Waals surface area contributed by atoms with Gasteiger partial charge in [-0.25, -0.2) is 0 Å². The number of nitrogens with zero attached hydrogens (tertiary/aromatic N) is 1. The lowest BCUT2D eigenvalue weighted by molar-refractivity contribution is 0.575. The smallest absolute Gasteiger partial charge is 0.0349 e. The zero-order valence-corrected chi connectivity index (χ0v) is 10.5. The molecular formula is C15H24N. The van der Waals surface area contributed by atoms with Crippen LogP contribution < -0.4 is 0 Å². The van der Waals surface area contributed by atoms with Gasteiger partial charge in [0.05, 0.1) is 0 Å². The molecule has 0 N–H and O–H groups in total. The Bertz CT molecular complexity index is 243. The second kappa shape index (κ2) is 9.38. The Morgan fingerprint density at radius 1 is 1.00 bits per heavy atom. The molecule has 0 atom stereocenters. The molecule has 1 nitrogen and oxygen atoms in total. The summed E-state index contributed by atoms with van der Waals surface area (Å²) in [6, 6.07) is 5.25. The number of unbranched alkanes of at least 4 members (excludes halogenated alkanes) is 7. The molecule has 0 aliphatic heterocycles. The van der Waals surface area contributed by atoms with E-state index in [1.54, 1.807) is 6.20 Å². The van der Waals surface area contributed by atoms with Crippen molar-refractivity contribution < 1.29 is 0 Å². The summed E-state index contributed by atoms with van der Waals surface area (Å²) in [6.07, 6.45) is 15.9. The van der Waals surface area contributed by atoms with Crippen molar-refractivity contribution in [2.45, 2.75) is 64.7 Å². The van der Waals surface area contributed by atoms with E-state index in [1.165, 1.54) is 56.9 Å². The van der Waals surface area contributed by atoms with Crippen molar-refractivity contribution in [2.24, 2.45) is 0 Å². The van der Waals surface area contributed by atoms with E-state index in [0.29, 0.717) is 0 Å². The first-order valence-corrected chi connectivity index (χ1v) is 6.74. The molecule has 1 heterocycles. The minimum absolute atomic E-state index is 1.16. The van der Waals surface area contributed by atoms with Crippen LogP contribution in [0.1, 0.15) is 63.9 Å². The van der Waals surface area contributed by atoms with Crippen LogP contribution >= 0.6 is 0 Å². The molecule has 16 heavy (non-hydrogen) atoms. The third-order valence-corrected chi connectivity index (χ3v) is 2.99. The number of hydrogen-bond donors (Lipinski definition) is 0. The average Bonchev–Trinajstić information content (AvgIpc) is 2.34. The first-order valence-electron chi connectivity index (χ1n) is 6.74. The summed E-state index contributed by atoms with van der Waals surface area (Å²) >= 11 is 0. The topological polar surface area (TPSA) is 12.9 Å². The van der Waals surface area contributed by atoms with Crippen LogP contribution in [0.3, 0.4) is 0 Å². The molecule has 1 aromatic heterocycles. The molecule has 0 unspecified atom stereocenters. The van der Waals surface area contributed by atoms with Crippen LogP contribution in [-0.4, -0.2) is 4.98 Å². The van der Waals surface area contributed by atoms with E-state index in [0.717, 1.165) is 6.42 Å². The van der Waals surface area contributed by atoms with E-state index in [1.807, 2.05) is 6.20 Å². The number of aryl methyl sites for hydroxylation is 1. The van der Waals surface area contributed by atoms with Crippen molar-refractivity contribution in [2.75, 3.05) is 0 Å². The lowest BCUT2D eigenvalue weighted by Crippen LogP contribution is -1.87. The lowest BCUT2D eigenvalue weighted by atomic mass is 10.0. The Hall–Kier alpha value is -0.850. The van der Waals surface area contributed by atoms with Crippen molar-refractivity contribution in [3.63, 3.8) is 0 Å². The third-order valence-electron chi connectivity index (χ3n) is 2.99. The first kappa shape index (κ1) is 13.2. The van der Waals surface area contributed by atoms with Gasteiger partial charge in [0.25, 0.3) is 0 Å². The molecule has 0 bridgehead atoms. The van der Waals surface area contributed by atoms with Gasteiger partial charge in [0.2, 0.25) is 0 Å². The van der Waals surface area contributed by atoms with Gasteiger partial charge in [-0.15, -0.1) is 0 Å². The number of rotatable bonds is 9. The fourth-order valence-corrected chi connectivity index (χ4v) is 1.95. The molecule has 0 amide bonds. The van der Waals surface area contributed by atoms with E-state index in [4.69, 9.17) is 0 Å². The summed E-state index contributed by atoms with van der Waals surface area (Å²) in [5.74, 6) is 0. The Morgan fingerprint density at radius 2 is 1.69 bits per heavy atom. The predicted octanol–water partition coefficient (Wildman–Crippen LogP) is 4.56. The van der Waals surface area contributed by atoms with E-state index in [2.05, 4.69) is 24.0 Å². The standard InChI is InChI=1S/C15H24N/c1-2-3-4-5-6-7-8-9-10-15-11-13-16-14-12-15/h11,13-14H,2-10H2,1H3. The maximum absolute atomic E-state index is 3.98. The van der Waals surface area contributed by atoms with Gasteiger partial charge in [-0.05, 0) is 24.5 Å². The van der Waals surface area contributed by atoms with Crippen LogP contribution in [-0.2, 0) is 6.42 Å². The highest BCUT2D eigenvalue weighted by molar-refractivity contribution is 5.07. The zero-order valence-electron chi connectivity index (χ0n) is 10.5. The van der Waals surface area contributed by atoms with Crippen LogP contribution in [0.15, 0.2) is 18.5 Å². The highest BCUT2D eigenvalue weighted by Gasteiger charge is 1.94. The Kier molecular flexibility index (Phi) is 7.75. The molecule has 0 saturated heterocycles. The maximum atomic E-state index is 3.98. The van der Waals surface area contributed by atoms with Crippen LogP contribution in [0, 0.1) is 6.07 Å². The summed E-state index contributed by atoms with van der Waals surface area (Å²) in [5, 5.41) is 0. The number of pyridine rings is 1. The quantitative estimate of drug-likeness (QED) is 0.553. The van der Waals surface area contributed by atoms with Gasteiger partial charge in [0.1, 0.15) is 0 Å². The van der Waals surface area contributed by atoms with Crippen molar-refractivity contribution in [3.05, 3.63) is 30.1 Å². The average molecular weight is 218 g/mol. The van der Waals surface area contributed by atoms with Crippen molar-refractivity contribution in [1.82, 2.24) is 4.98 Å². The number of aromatic nitrogens is 1. The molecule has 89 valence electrons. The second-order valence-electron chi connectivity index (χ2n) is 4.49. The SMILES string of the molecule is CCCCCCCCCCc1[c]cncc1. The monoisotopic (exact) mass is 218 g/mol. The normalized spacial score (nSPS) is 10.6. The molecule has 0 saturated carbocycles. The maximum Gasteiger partial charge on any atom is 0.0349 e. The molecular weight excluding hydrogens is 194 g/mol. The summed E-state index contributed by atoms with van der Waals surface area (Å²) in [7, 11) is 0. The van der Waals surface area contributed by atoms with Gasteiger partial charge in [0, 0.05) is 18.5 Å². The molecule has 0 fully saturated rings. The molecule has 1 rings (SSSR count). The summed E-state index contributed by atoms with van der Waals surface area (Å²) in [5.41, 5.74) is 1.31. The molecule has 1 aromatic rings. The molecule has 1 radical (unpaired) electrons. The van der Waals surface area contributed by atoms with E-state index in [9.17, 15) is 0 Å². The molecule has 0 aliphatic rings. The van der Waals surface area contributed by atoms with E-state index < -0.39 is 0 Å². The van der Waals surface area contributed by atoms with Gasteiger partial charge in [0.15, 0.2) is 0 Å². The Balaban J connectivity index is 1.89. The Morgan fingerprint density at radius 3 is 2.31 bits per heavy atom. The minimum Gasteiger partial charge on any atom is -0.264 e. The zero-order chi connectivity index (χ0) is 11.5. The third kappa shape index (κ3) is 6.60. The van der Waals surface area contributed by atoms with Crippen LogP contribution in [0.2, 0.25) is 0 Å². The fourth-order valence-electron chi connectivity index (χ4n) is 1.95. The van der Waals surface area contributed by atoms with Gasteiger partial charge in [-0.3, -0.25) is 4.98 Å². The molecule has 0 spiro atoms. The summed E-state index contributed by atoms with van der Waals surface area (Å²) in [4.78, 5) is 3.98. The van der Waals surface area contributed by atoms with Crippen molar-refractivity contribution in [1.29, 1.82) is 0 Å². The van der Waals surface area contributed by atoms with E-state index in [-0.39, 0.29) is 0 Å². The lowest BCUT2D eigenvalue weighted by Gasteiger charge is -2.01. The van der Waals surface area contributed by atoms with E-state index >= 15 is 0 Å². The van der Waals surface area contributed by atoms with Gasteiger partial charge >= 0.3 is 0 Å². The minimum atomic E-state index is 1.16. The van der Waals surface area contributed by atoms with Crippen LogP contribution in [0.5, 0.6) is 0 Å². The number of hydrogen-bond acceptors (Lipinski definition) is 1. The van der Waals surface area contributed by atoms with Crippen LogP contribution in [0.4, 0.5) is 0 Å². The summed E-state index contributed by atoms with van der Waals surface area (Å²) < 4.78 is 0. The largest absolute Gasteiger partial charge is 0.264 e. The van der Waals surface area contributed by atoms with Crippen LogP contribution in [0.25, 0.3) is 0 Å². The molecule has 0 aliphatic carbocycles. The molecule has 1 heteroatoms. The molecule has 0 aromatic carbocycles. The highest BCUT2D eigenvalue weighted by Crippen LogP contribution is 2.10. The predicted molar refractivity (Wildman–Crippen MR) is 69.4 cm³/mol.